The van der Waals surface area contributed by atoms with Gasteiger partial charge in [0, 0.05) is 5.56 Å². The van der Waals surface area contributed by atoms with Crippen LogP contribution in [0, 0.1) is 0 Å². The Morgan fingerprint density at radius 2 is 1.58 bits per heavy atom. The Morgan fingerprint density at radius 1 is 0.885 bits per heavy atom. The fourth-order valence-corrected chi connectivity index (χ4v) is 2.72. The van der Waals surface area contributed by atoms with Crippen LogP contribution < -0.4 is 4.74 Å². The maximum absolute atomic E-state index is 6.14. The molecule has 0 aliphatic heterocycles. The van der Waals surface area contributed by atoms with Gasteiger partial charge in [-0.2, -0.15) is 4.98 Å². The highest BCUT2D eigenvalue weighted by molar-refractivity contribution is 6.33. The van der Waals surface area contributed by atoms with Crippen molar-refractivity contribution in [3.05, 3.63) is 70.5 Å². The fourth-order valence-electron chi connectivity index (χ4n) is 2.29. The highest BCUT2D eigenvalue weighted by Crippen LogP contribution is 2.28. The Morgan fingerprint density at radius 3 is 2.31 bits per heavy atom. The van der Waals surface area contributed by atoms with Crippen LogP contribution in [0.4, 0.5) is 0 Å². The summed E-state index contributed by atoms with van der Waals surface area (Å²) in [6.07, 6.45) is 1.51. The molecule has 130 valence electrons. The van der Waals surface area contributed by atoms with Crippen molar-refractivity contribution >= 4 is 23.2 Å². The van der Waals surface area contributed by atoms with E-state index >= 15 is 0 Å². The predicted molar refractivity (Wildman–Crippen MR) is 96.0 cm³/mol. The number of halogens is 2. The van der Waals surface area contributed by atoms with E-state index in [9.17, 15) is 0 Å². The van der Waals surface area contributed by atoms with Gasteiger partial charge in [0.2, 0.25) is 11.7 Å². The Bertz CT molecular complexity index is 962. The first kappa shape index (κ1) is 16.6. The molecular formula is C18H11Cl2N3O3. The van der Waals surface area contributed by atoms with Gasteiger partial charge in [0.1, 0.15) is 18.6 Å². The van der Waals surface area contributed by atoms with Gasteiger partial charge in [0.25, 0.3) is 0 Å². The van der Waals surface area contributed by atoms with Gasteiger partial charge in [-0.15, -0.1) is 0 Å². The molecule has 0 amide bonds. The van der Waals surface area contributed by atoms with E-state index in [4.69, 9.17) is 36.9 Å². The average Bonchev–Trinajstić information content (AvgIpc) is 3.30. The molecule has 4 aromatic rings. The minimum atomic E-state index is 0.0159. The summed E-state index contributed by atoms with van der Waals surface area (Å²) in [7, 11) is 0. The molecule has 0 spiro atoms. The number of oxazole rings is 1. The summed E-state index contributed by atoms with van der Waals surface area (Å²) in [5.41, 5.74) is 1.94. The maximum atomic E-state index is 6.14. The summed E-state index contributed by atoms with van der Waals surface area (Å²) < 4.78 is 16.0. The zero-order valence-electron chi connectivity index (χ0n) is 13.2. The van der Waals surface area contributed by atoms with E-state index in [0.717, 1.165) is 0 Å². The standard InChI is InChI=1S/C18H11Cl2N3O3/c19-14-7-3-1-5-12(14)16-22-18(26-23-16)25-10-11-9-24-17(21-11)13-6-2-4-8-15(13)20/h1-9H,10H2. The van der Waals surface area contributed by atoms with Crippen LogP contribution in [0.25, 0.3) is 22.8 Å². The Hall–Kier alpha value is -2.83. The molecule has 0 radical (unpaired) electrons. The molecule has 0 atom stereocenters. The van der Waals surface area contributed by atoms with Crippen molar-refractivity contribution < 1.29 is 13.7 Å². The second-order valence-corrected chi connectivity index (χ2v) is 6.09. The van der Waals surface area contributed by atoms with Crippen molar-refractivity contribution in [2.24, 2.45) is 0 Å². The summed E-state index contributed by atoms with van der Waals surface area (Å²) in [6.45, 7) is 0.109. The molecule has 4 rings (SSSR count). The quantitative estimate of drug-likeness (QED) is 0.463. The van der Waals surface area contributed by atoms with Crippen LogP contribution in [-0.4, -0.2) is 15.1 Å². The number of nitrogens with zero attached hydrogens (tertiary/aromatic N) is 3. The Labute approximate surface area is 158 Å². The first-order valence-corrected chi connectivity index (χ1v) is 8.37. The molecule has 0 saturated heterocycles. The van der Waals surface area contributed by atoms with Crippen molar-refractivity contribution in [1.29, 1.82) is 0 Å². The lowest BCUT2D eigenvalue weighted by Gasteiger charge is -1.98. The minimum Gasteiger partial charge on any atom is -0.444 e. The van der Waals surface area contributed by atoms with Crippen LogP contribution in [0.5, 0.6) is 6.08 Å². The van der Waals surface area contributed by atoms with Gasteiger partial charge in [0.15, 0.2) is 0 Å². The molecule has 8 heteroatoms. The highest BCUT2D eigenvalue weighted by Gasteiger charge is 2.14. The third-order valence-electron chi connectivity index (χ3n) is 3.52. The van der Waals surface area contributed by atoms with Crippen molar-refractivity contribution in [3.63, 3.8) is 0 Å². The summed E-state index contributed by atoms with van der Waals surface area (Å²) in [5, 5.41) is 4.95. The summed E-state index contributed by atoms with van der Waals surface area (Å²) >= 11 is 12.3. The molecule has 0 aliphatic rings. The molecule has 0 unspecified atom stereocenters. The van der Waals surface area contributed by atoms with Gasteiger partial charge in [-0.1, -0.05) is 52.6 Å². The van der Waals surface area contributed by atoms with Gasteiger partial charge in [-0.3, -0.25) is 4.52 Å². The smallest absolute Gasteiger partial charge is 0.418 e. The Kier molecular flexibility index (Phi) is 4.60. The lowest BCUT2D eigenvalue weighted by atomic mass is 10.2. The van der Waals surface area contributed by atoms with E-state index in [2.05, 4.69) is 15.1 Å². The molecule has 0 saturated carbocycles. The number of hydrogen-bond donors (Lipinski definition) is 0. The largest absolute Gasteiger partial charge is 0.444 e. The number of benzene rings is 2. The molecule has 0 N–H and O–H groups in total. The monoisotopic (exact) mass is 387 g/mol. The van der Waals surface area contributed by atoms with Crippen LogP contribution in [0.1, 0.15) is 5.69 Å². The first-order chi connectivity index (χ1) is 12.7. The number of rotatable bonds is 5. The van der Waals surface area contributed by atoms with E-state index in [1.54, 1.807) is 18.2 Å². The van der Waals surface area contributed by atoms with E-state index < -0.39 is 0 Å². The lowest BCUT2D eigenvalue weighted by Crippen LogP contribution is -1.96. The lowest BCUT2D eigenvalue weighted by molar-refractivity contribution is 0.193. The van der Waals surface area contributed by atoms with Crippen LogP contribution >= 0.6 is 23.2 Å². The fraction of sp³-hybridized carbons (Fsp3) is 0.0556. The van der Waals surface area contributed by atoms with E-state index in [1.165, 1.54) is 6.26 Å². The molecular weight excluding hydrogens is 377 g/mol. The van der Waals surface area contributed by atoms with Crippen LogP contribution in [-0.2, 0) is 6.61 Å². The molecule has 2 heterocycles. The molecule has 2 aromatic carbocycles. The Balaban J connectivity index is 1.46. The number of ether oxygens (including phenoxy) is 1. The predicted octanol–water partition coefficient (Wildman–Crippen LogP) is 5.28. The second kappa shape index (κ2) is 7.19. The second-order valence-electron chi connectivity index (χ2n) is 5.28. The third-order valence-corrected chi connectivity index (χ3v) is 4.18. The van der Waals surface area contributed by atoms with Crippen LogP contribution in [0.15, 0.2) is 63.7 Å². The van der Waals surface area contributed by atoms with Gasteiger partial charge in [-0.05, 0) is 24.3 Å². The molecule has 0 bridgehead atoms. The minimum absolute atomic E-state index is 0.0159. The van der Waals surface area contributed by atoms with Crippen molar-refractivity contribution in [1.82, 2.24) is 15.1 Å². The SMILES string of the molecule is Clc1ccccc1-c1noc(OCc2coc(-c3ccccc3Cl)n2)n1. The summed E-state index contributed by atoms with van der Waals surface area (Å²) in [6, 6.07) is 14.5. The van der Waals surface area contributed by atoms with E-state index in [-0.39, 0.29) is 12.7 Å². The number of aromatic nitrogens is 3. The topological polar surface area (TPSA) is 74.2 Å². The van der Waals surface area contributed by atoms with Gasteiger partial charge >= 0.3 is 6.08 Å². The maximum Gasteiger partial charge on any atom is 0.418 e. The van der Waals surface area contributed by atoms with E-state index in [0.29, 0.717) is 38.6 Å². The molecule has 6 nitrogen and oxygen atoms in total. The van der Waals surface area contributed by atoms with E-state index in [1.807, 2.05) is 30.3 Å². The highest BCUT2D eigenvalue weighted by atomic mass is 35.5. The van der Waals surface area contributed by atoms with Crippen LogP contribution in [0.3, 0.4) is 0 Å². The molecule has 26 heavy (non-hydrogen) atoms. The van der Waals surface area contributed by atoms with Crippen molar-refractivity contribution in [2.45, 2.75) is 6.61 Å². The average molecular weight is 388 g/mol. The zero-order chi connectivity index (χ0) is 17.9. The summed E-state index contributed by atoms with van der Waals surface area (Å²) in [4.78, 5) is 8.52. The zero-order valence-corrected chi connectivity index (χ0v) is 14.7. The number of hydrogen-bond acceptors (Lipinski definition) is 6. The molecule has 2 aromatic heterocycles. The molecule has 0 fully saturated rings. The van der Waals surface area contributed by atoms with Crippen molar-refractivity contribution in [2.75, 3.05) is 0 Å². The van der Waals surface area contributed by atoms with Crippen molar-refractivity contribution in [3.8, 4) is 28.9 Å². The third kappa shape index (κ3) is 3.42. The van der Waals surface area contributed by atoms with Gasteiger partial charge < -0.3 is 9.15 Å². The first-order valence-electron chi connectivity index (χ1n) is 7.61. The van der Waals surface area contributed by atoms with Gasteiger partial charge in [-0.25, -0.2) is 4.98 Å². The summed E-state index contributed by atoms with van der Waals surface area (Å²) in [5.74, 6) is 0.763. The van der Waals surface area contributed by atoms with Gasteiger partial charge in [0.05, 0.1) is 15.6 Å². The molecule has 0 aliphatic carbocycles. The van der Waals surface area contributed by atoms with Crippen LogP contribution in [0.2, 0.25) is 10.0 Å². The normalized spacial score (nSPS) is 10.8.